The maximum atomic E-state index is 11.5. The van der Waals surface area contributed by atoms with Gasteiger partial charge in [-0.3, -0.25) is 14.5 Å². The fourth-order valence-electron chi connectivity index (χ4n) is 3.88. The summed E-state index contributed by atoms with van der Waals surface area (Å²) in [5, 5.41) is 21.8. The van der Waals surface area contributed by atoms with Gasteiger partial charge in [0.05, 0.1) is 0 Å². The van der Waals surface area contributed by atoms with Crippen molar-refractivity contribution in [3.05, 3.63) is 0 Å². The monoisotopic (exact) mass is 487 g/mol. The number of carboxylic acid groups (broad SMARTS) is 2. The molecule has 0 spiro atoms. The average Bonchev–Trinajstić information content (AvgIpc) is 2.80. The molecule has 0 aliphatic carbocycles. The molecule has 0 aromatic rings. The lowest BCUT2D eigenvalue weighted by atomic mass is 10.0. The second-order valence-electron chi connectivity index (χ2n) is 9.32. The van der Waals surface area contributed by atoms with Crippen LogP contribution in [0.3, 0.4) is 0 Å². The Bertz CT molecular complexity index is 457. The highest BCUT2D eigenvalue weighted by Crippen LogP contribution is 2.13. The summed E-state index contributed by atoms with van der Waals surface area (Å²) in [5.41, 5.74) is 5.59. The second kappa shape index (κ2) is 26.4. The van der Waals surface area contributed by atoms with Gasteiger partial charge in [0.1, 0.15) is 12.1 Å². The topological polar surface area (TPSA) is 116 Å². The molecule has 0 radical (unpaired) electrons. The van der Waals surface area contributed by atoms with Crippen molar-refractivity contribution in [3.8, 4) is 0 Å². The molecule has 0 rings (SSSR count). The Morgan fingerprint density at radius 3 is 1.47 bits per heavy atom. The maximum Gasteiger partial charge on any atom is 0.323 e. The minimum atomic E-state index is -1.40. The van der Waals surface area contributed by atoms with Gasteiger partial charge in [-0.2, -0.15) is 0 Å². The maximum absolute atomic E-state index is 11.5. The number of hydrogen-bond acceptors (Lipinski definition) is 5. The smallest absolute Gasteiger partial charge is 0.323 e. The zero-order valence-corrected chi connectivity index (χ0v) is 22.8. The Labute approximate surface area is 210 Å². The van der Waals surface area contributed by atoms with Crippen LogP contribution in [0.25, 0.3) is 0 Å². The number of unbranched alkanes of at least 4 members (excludes halogenated alkanes) is 11. The molecule has 204 valence electrons. The summed E-state index contributed by atoms with van der Waals surface area (Å²) in [6.45, 7) is 12.2. The first-order chi connectivity index (χ1) is 16.4. The van der Waals surface area contributed by atoms with Crippen LogP contribution in [0.2, 0.25) is 0 Å². The summed E-state index contributed by atoms with van der Waals surface area (Å²) in [6, 6.07) is -2.55. The normalized spacial score (nSPS) is 12.8. The van der Waals surface area contributed by atoms with Gasteiger partial charge in [-0.05, 0) is 51.9 Å². The fraction of sp³-hybridized carbons (Fsp3) is 0.926. The minimum Gasteiger partial charge on any atom is -0.480 e. The van der Waals surface area contributed by atoms with Gasteiger partial charge in [-0.15, -0.1) is 0 Å². The van der Waals surface area contributed by atoms with Gasteiger partial charge in [-0.25, -0.2) is 0 Å². The lowest BCUT2D eigenvalue weighted by molar-refractivity contribution is -0.151. The predicted molar refractivity (Wildman–Crippen MR) is 143 cm³/mol. The molecule has 7 nitrogen and oxygen atoms in total. The van der Waals surface area contributed by atoms with E-state index < -0.39 is 24.0 Å². The Hall–Kier alpha value is -1.18. The number of carbonyl (C=O) groups is 2. The third-order valence-electron chi connectivity index (χ3n) is 6.00. The lowest BCUT2D eigenvalue weighted by Crippen LogP contribution is -2.56. The number of nitrogens with one attached hydrogen (secondary N) is 1. The van der Waals surface area contributed by atoms with Crippen molar-refractivity contribution in [1.82, 2.24) is 10.2 Å². The Morgan fingerprint density at radius 1 is 0.647 bits per heavy atom. The fourth-order valence-corrected chi connectivity index (χ4v) is 3.88. The molecule has 0 saturated heterocycles. The number of nitrogens with two attached hydrogens (primary N) is 1. The molecule has 0 fully saturated rings. The second-order valence-corrected chi connectivity index (χ2v) is 9.32. The predicted octanol–water partition coefficient (Wildman–Crippen LogP) is 5.66. The van der Waals surface area contributed by atoms with E-state index in [2.05, 4.69) is 26.1 Å². The first-order valence-corrected chi connectivity index (χ1v) is 14.0. The van der Waals surface area contributed by atoms with E-state index in [1.807, 2.05) is 6.92 Å². The van der Waals surface area contributed by atoms with Crippen LogP contribution in [-0.4, -0.2) is 65.3 Å². The molecule has 0 aromatic carbocycles. The molecule has 5 N–H and O–H groups in total. The number of hydrogen-bond donors (Lipinski definition) is 4. The molecular weight excluding hydrogens is 430 g/mol. The molecule has 2 unspecified atom stereocenters. The van der Waals surface area contributed by atoms with E-state index in [1.54, 1.807) is 4.90 Å². The van der Waals surface area contributed by atoms with Gasteiger partial charge in [-0.1, -0.05) is 98.3 Å². The Balaban J connectivity index is 0. The van der Waals surface area contributed by atoms with Gasteiger partial charge < -0.3 is 21.3 Å². The van der Waals surface area contributed by atoms with Gasteiger partial charge in [0.15, 0.2) is 0 Å². The van der Waals surface area contributed by atoms with E-state index in [1.165, 1.54) is 83.7 Å². The van der Waals surface area contributed by atoms with Crippen molar-refractivity contribution >= 4 is 11.9 Å². The molecule has 0 aliphatic heterocycles. The van der Waals surface area contributed by atoms with Gasteiger partial charge in [0.2, 0.25) is 0 Å². The van der Waals surface area contributed by atoms with Gasteiger partial charge >= 0.3 is 11.9 Å². The quantitative estimate of drug-likeness (QED) is 0.137. The van der Waals surface area contributed by atoms with Crippen molar-refractivity contribution < 1.29 is 19.8 Å². The van der Waals surface area contributed by atoms with Crippen LogP contribution in [0.1, 0.15) is 124 Å². The van der Waals surface area contributed by atoms with Crippen LogP contribution < -0.4 is 11.1 Å². The molecule has 0 saturated carbocycles. The van der Waals surface area contributed by atoms with Crippen molar-refractivity contribution in [2.45, 2.75) is 136 Å². The van der Waals surface area contributed by atoms with E-state index >= 15 is 0 Å². The zero-order chi connectivity index (χ0) is 26.0. The molecule has 0 bridgehead atoms. The highest BCUT2D eigenvalue weighted by Gasteiger charge is 2.35. The average molecular weight is 488 g/mol. The third-order valence-corrected chi connectivity index (χ3v) is 6.00. The summed E-state index contributed by atoms with van der Waals surface area (Å²) in [6.07, 6.45) is 18.2. The number of carboxylic acids is 2. The molecular formula is C27H57N3O4. The zero-order valence-electron chi connectivity index (χ0n) is 22.8. The molecule has 0 amide bonds. The van der Waals surface area contributed by atoms with Gasteiger partial charge in [0, 0.05) is 0 Å². The summed E-state index contributed by atoms with van der Waals surface area (Å²) >= 11 is 0. The molecule has 0 heterocycles. The first kappa shape index (κ1) is 35.0. The van der Waals surface area contributed by atoms with Crippen LogP contribution in [0.15, 0.2) is 0 Å². The van der Waals surface area contributed by atoms with Crippen LogP contribution in [0.5, 0.6) is 0 Å². The van der Waals surface area contributed by atoms with E-state index in [9.17, 15) is 14.7 Å². The van der Waals surface area contributed by atoms with Crippen LogP contribution in [-0.2, 0) is 9.59 Å². The van der Waals surface area contributed by atoms with Crippen molar-refractivity contribution in [2.24, 2.45) is 5.73 Å². The lowest BCUT2D eigenvalue weighted by Gasteiger charge is -2.30. The number of nitrogens with zero attached hydrogens (tertiary/aromatic N) is 1. The molecule has 0 aliphatic rings. The van der Waals surface area contributed by atoms with Crippen molar-refractivity contribution in [2.75, 3.05) is 26.2 Å². The Kier molecular flexibility index (Phi) is 27.2. The van der Waals surface area contributed by atoms with Crippen molar-refractivity contribution in [3.63, 3.8) is 0 Å². The van der Waals surface area contributed by atoms with E-state index in [0.29, 0.717) is 13.1 Å². The molecule has 7 heteroatoms. The minimum absolute atomic E-state index is 0.551. The summed E-state index contributed by atoms with van der Waals surface area (Å²) in [5.74, 6) is -2.42. The first-order valence-electron chi connectivity index (χ1n) is 14.0. The number of rotatable bonds is 23. The Morgan fingerprint density at radius 2 is 1.09 bits per heavy atom. The standard InChI is InChI=1S/C19H38N2O4.C8H19N/c1-3-5-6-7-8-9-10-11-12-13-15-21(14-4-2)17(19(24)25)16(20)18(22)23;1-3-5-7-9-8-6-4-2/h16-17H,3-15,20H2,1-2H3,(H,22,23)(H,24,25);9H,3-8H2,1-2H3. The molecule has 34 heavy (non-hydrogen) atoms. The van der Waals surface area contributed by atoms with Crippen LogP contribution in [0, 0.1) is 0 Å². The van der Waals surface area contributed by atoms with E-state index in [4.69, 9.17) is 10.8 Å². The summed E-state index contributed by atoms with van der Waals surface area (Å²) in [4.78, 5) is 24.3. The van der Waals surface area contributed by atoms with Crippen LogP contribution >= 0.6 is 0 Å². The molecule has 0 aromatic heterocycles. The van der Waals surface area contributed by atoms with E-state index in [0.717, 1.165) is 25.7 Å². The SMILES string of the molecule is CCCCCCCCCCCCN(CCC)C(C(=O)O)C(N)C(=O)O.CCCCNCCCC. The van der Waals surface area contributed by atoms with Crippen molar-refractivity contribution in [1.29, 1.82) is 0 Å². The summed E-state index contributed by atoms with van der Waals surface area (Å²) in [7, 11) is 0. The third kappa shape index (κ3) is 21.4. The highest BCUT2D eigenvalue weighted by molar-refractivity contribution is 5.85. The molecule has 2 atom stereocenters. The van der Waals surface area contributed by atoms with Gasteiger partial charge in [0.25, 0.3) is 0 Å². The number of aliphatic carboxylic acids is 2. The summed E-state index contributed by atoms with van der Waals surface area (Å²) < 4.78 is 0. The highest BCUT2D eigenvalue weighted by atomic mass is 16.4. The largest absolute Gasteiger partial charge is 0.480 e. The van der Waals surface area contributed by atoms with Crippen LogP contribution in [0.4, 0.5) is 0 Å². The van der Waals surface area contributed by atoms with E-state index in [-0.39, 0.29) is 0 Å².